The third-order valence-electron chi connectivity index (χ3n) is 18.6. The second kappa shape index (κ2) is 44.5. The second-order valence-electron chi connectivity index (χ2n) is 26.2. The van der Waals surface area contributed by atoms with E-state index in [0.717, 1.165) is 51.4 Å². The van der Waals surface area contributed by atoms with Gasteiger partial charge in [0, 0.05) is 6.42 Å². The zero-order valence-corrected chi connectivity index (χ0v) is 54.7. The summed E-state index contributed by atoms with van der Waals surface area (Å²) < 4.78 is 56.6. The number of rotatable bonds is 46. The molecular weight excluding hydrogens is 1230 g/mol. The first-order valence-corrected chi connectivity index (χ1v) is 34.8. The van der Waals surface area contributed by atoms with Crippen LogP contribution in [0.4, 0.5) is 0 Å². The van der Waals surface area contributed by atoms with E-state index in [2.05, 4.69) is 19.2 Å². The molecule has 5 aliphatic heterocycles. The summed E-state index contributed by atoms with van der Waals surface area (Å²) in [6.07, 6.45) is -15.1. The van der Waals surface area contributed by atoms with Crippen molar-refractivity contribution in [1.29, 1.82) is 0 Å². The van der Waals surface area contributed by atoms with Gasteiger partial charge in [-0.1, -0.05) is 174 Å². The van der Waals surface area contributed by atoms with Gasteiger partial charge in [-0.15, -0.1) is 0 Å². The highest BCUT2D eigenvalue weighted by atomic mass is 16.8. The molecule has 5 heterocycles. The number of unbranched alkanes of at least 4 members (excludes halogenated alkanes) is 24. The van der Waals surface area contributed by atoms with E-state index in [9.17, 15) is 91.6 Å². The van der Waals surface area contributed by atoms with Crippen molar-refractivity contribution in [3.63, 3.8) is 0 Å². The minimum Gasteiger partial charge on any atom is -0.394 e. The normalized spacial score (nSPS) is 37.4. The Kier molecular flexibility index (Phi) is 39.3. The van der Waals surface area contributed by atoms with Gasteiger partial charge in [-0.05, 0) is 12.8 Å². The van der Waals surface area contributed by atoms with Crippen molar-refractivity contribution in [2.24, 2.45) is 0 Å². The Hall–Kier alpha value is -1.61. The number of hydrogen-bond acceptors (Lipinski definition) is 28. The van der Waals surface area contributed by atoms with Crippen LogP contribution in [0.3, 0.4) is 0 Å². The van der Waals surface area contributed by atoms with Crippen LogP contribution in [0.1, 0.15) is 194 Å². The van der Waals surface area contributed by atoms with Crippen LogP contribution in [0.15, 0.2) is 0 Å². The fraction of sp³-hybridized carbons (Fsp3) is 0.984. The van der Waals surface area contributed by atoms with E-state index in [4.69, 9.17) is 47.4 Å². The molecule has 29 nitrogen and oxygen atoms in total. The average Bonchev–Trinajstić information content (AvgIpc) is 0.913. The molecule has 18 N–H and O–H groups in total. The molecule has 0 aromatic heterocycles. The van der Waals surface area contributed by atoms with Crippen molar-refractivity contribution >= 4 is 5.91 Å². The molecular formula is C64H119NO28. The number of carbonyl (C=O) groups excluding carboxylic acids is 1. The molecule has 5 fully saturated rings. The fourth-order valence-electron chi connectivity index (χ4n) is 12.3. The molecule has 5 saturated heterocycles. The fourth-order valence-corrected chi connectivity index (χ4v) is 12.3. The van der Waals surface area contributed by atoms with Crippen LogP contribution >= 0.6 is 0 Å². The molecule has 29 heteroatoms. The van der Waals surface area contributed by atoms with E-state index < -0.39 is 199 Å². The van der Waals surface area contributed by atoms with Crippen LogP contribution in [0.5, 0.6) is 0 Å². The number of hydrogen-bond donors (Lipinski definition) is 18. The third kappa shape index (κ3) is 26.5. The largest absolute Gasteiger partial charge is 0.394 e. The van der Waals surface area contributed by atoms with E-state index in [-0.39, 0.29) is 18.9 Å². The number of nitrogens with one attached hydrogen (secondary N) is 1. The summed E-state index contributed by atoms with van der Waals surface area (Å²) in [6.45, 7) is 0.416. The van der Waals surface area contributed by atoms with Gasteiger partial charge < -0.3 is 139 Å². The van der Waals surface area contributed by atoms with Gasteiger partial charge in [0.1, 0.15) is 122 Å². The number of carbonyl (C=O) groups is 1. The van der Waals surface area contributed by atoms with E-state index >= 15 is 0 Å². The van der Waals surface area contributed by atoms with Crippen molar-refractivity contribution in [1.82, 2.24) is 5.32 Å². The molecule has 0 aromatic carbocycles. The van der Waals surface area contributed by atoms with Crippen LogP contribution in [0.2, 0.25) is 0 Å². The standard InChI is InChI=1S/C64H119NO28/c1-3-5-7-9-11-13-15-17-19-21-23-25-27-29-38(67)37(65-44(68)30-28-26-24-22-20-18-16-14-12-10-8-6-4-2)32-84-60-56(80)51(75)46(70)40(90-60)34-86-62-58(82)53(77)48(72)42(92-62)36-88-64-59(83)54(78)49(73)43(93-64)35-87-63-57(81)52(76)47(71)41(91-63)33-85-61-55(79)50(74)45(69)39(31-66)89-61/h37-43,45-64,66-67,69-83H,3-36H2,1-2H3,(H,65,68)/t37-,38+,39-,40-,41-,42-,43-,45+,46+,47+,48+,49+,50+,51+,52+,53+,54+,55-,56-,57-,58-,59-,60-,61+,62-,63+,64-/m1/s1. The highest BCUT2D eigenvalue weighted by Gasteiger charge is 2.52. The molecule has 0 bridgehead atoms. The monoisotopic (exact) mass is 1350 g/mol. The molecule has 0 aromatic rings. The molecule has 0 spiro atoms. The van der Waals surface area contributed by atoms with Gasteiger partial charge in [-0.3, -0.25) is 4.79 Å². The predicted molar refractivity (Wildman–Crippen MR) is 329 cm³/mol. The van der Waals surface area contributed by atoms with Crippen molar-refractivity contribution in [3.05, 3.63) is 0 Å². The van der Waals surface area contributed by atoms with Gasteiger partial charge in [0.15, 0.2) is 31.5 Å². The Morgan fingerprint density at radius 2 is 0.581 bits per heavy atom. The summed E-state index contributed by atoms with van der Waals surface area (Å²) in [7, 11) is 0. The van der Waals surface area contributed by atoms with Gasteiger partial charge >= 0.3 is 0 Å². The minimum atomic E-state index is -1.99. The molecule has 0 saturated carbocycles. The van der Waals surface area contributed by atoms with Crippen LogP contribution in [0.25, 0.3) is 0 Å². The Morgan fingerprint density at radius 3 is 0.871 bits per heavy atom. The van der Waals surface area contributed by atoms with Crippen LogP contribution in [-0.2, 0) is 52.2 Å². The lowest BCUT2D eigenvalue weighted by Gasteiger charge is -2.44. The van der Waals surface area contributed by atoms with Crippen molar-refractivity contribution in [2.75, 3.05) is 39.6 Å². The minimum absolute atomic E-state index is 0.229. The summed E-state index contributed by atoms with van der Waals surface area (Å²) in [4.78, 5) is 13.4. The maximum Gasteiger partial charge on any atom is 0.220 e. The number of ether oxygens (including phenoxy) is 10. The molecule has 5 rings (SSSR count). The molecule has 1 amide bonds. The van der Waals surface area contributed by atoms with E-state index in [0.29, 0.717) is 19.3 Å². The highest BCUT2D eigenvalue weighted by Crippen LogP contribution is 2.31. The molecule has 5 aliphatic rings. The summed E-state index contributed by atoms with van der Waals surface area (Å²) in [5.41, 5.74) is 0. The van der Waals surface area contributed by atoms with Crippen molar-refractivity contribution in [2.45, 2.75) is 359 Å². The Morgan fingerprint density at radius 1 is 0.333 bits per heavy atom. The number of aliphatic hydroxyl groups excluding tert-OH is 17. The lowest BCUT2D eigenvalue weighted by Crippen LogP contribution is -2.63. The SMILES string of the molecule is CCCCCCCCCCCCCCCC(=O)N[C@H](CO[C@@H]1O[C@H](CO[C@@H]2O[C@H](CO[C@@H]3O[C@H](CO[C@H]4O[C@H](CO[C@H]5O[C@H](CO)[C@H](O)[C@H](O)[C@H]5O)[C@H](O)[C@H](O)[C@H]4O)[C@H](O)[C@H](O)[C@H]3O)[C@H](O)[C@H](O)[C@H]2O)[C@H](O)[C@H](O)[C@H]1O)[C@@H](O)CCCCCCCCCCCCCCC. The molecule has 93 heavy (non-hydrogen) atoms. The number of amides is 1. The Labute approximate surface area is 547 Å². The maximum absolute atomic E-state index is 13.4. The van der Waals surface area contributed by atoms with E-state index in [1.54, 1.807) is 0 Å². The molecule has 0 unspecified atom stereocenters. The summed E-state index contributed by atoms with van der Waals surface area (Å²) in [6, 6.07) is -0.938. The lowest BCUT2D eigenvalue weighted by molar-refractivity contribution is -0.350. The van der Waals surface area contributed by atoms with Crippen molar-refractivity contribution in [3.8, 4) is 0 Å². The maximum atomic E-state index is 13.4. The summed E-state index contributed by atoms with van der Waals surface area (Å²) >= 11 is 0. The van der Waals surface area contributed by atoms with Crippen molar-refractivity contribution < 1.29 is 139 Å². The zero-order chi connectivity index (χ0) is 68.0. The molecule has 0 aliphatic carbocycles. The molecule has 548 valence electrons. The van der Waals surface area contributed by atoms with Crippen LogP contribution < -0.4 is 5.32 Å². The predicted octanol–water partition coefficient (Wildman–Crippen LogP) is -1.09. The van der Waals surface area contributed by atoms with Crippen LogP contribution in [-0.4, -0.2) is 298 Å². The summed E-state index contributed by atoms with van der Waals surface area (Å²) in [5.74, 6) is -0.282. The second-order valence-corrected chi connectivity index (χ2v) is 26.2. The average molecular weight is 1350 g/mol. The lowest BCUT2D eigenvalue weighted by atomic mass is 9.97. The van der Waals surface area contributed by atoms with Gasteiger partial charge in [0.2, 0.25) is 5.91 Å². The highest BCUT2D eigenvalue weighted by molar-refractivity contribution is 5.76. The molecule has 0 radical (unpaired) electrons. The first-order chi connectivity index (χ1) is 44.6. The third-order valence-corrected chi connectivity index (χ3v) is 18.6. The van der Waals surface area contributed by atoms with Gasteiger partial charge in [-0.25, -0.2) is 0 Å². The van der Waals surface area contributed by atoms with Gasteiger partial charge in [0.05, 0.1) is 51.8 Å². The van der Waals surface area contributed by atoms with Gasteiger partial charge in [0.25, 0.3) is 0 Å². The Balaban J connectivity index is 1.11. The summed E-state index contributed by atoms with van der Waals surface area (Å²) in [5, 5.41) is 185. The number of aliphatic hydroxyl groups is 17. The Bertz CT molecular complexity index is 1940. The molecule has 27 atom stereocenters. The quantitative estimate of drug-likeness (QED) is 0.0322. The zero-order valence-electron chi connectivity index (χ0n) is 54.7. The first kappa shape index (κ1) is 82.1. The van der Waals surface area contributed by atoms with E-state index in [1.165, 1.54) is 103 Å². The topological polar surface area (TPSA) is 465 Å². The first-order valence-electron chi connectivity index (χ1n) is 34.8. The van der Waals surface area contributed by atoms with Gasteiger partial charge in [-0.2, -0.15) is 0 Å². The van der Waals surface area contributed by atoms with E-state index in [1.807, 2.05) is 0 Å². The smallest absolute Gasteiger partial charge is 0.220 e. The van der Waals surface area contributed by atoms with Crippen LogP contribution in [0, 0.1) is 0 Å².